The molecule has 0 aliphatic rings. The third kappa shape index (κ3) is 5.03. The molecular weight excluding hydrogens is 266 g/mol. The van der Waals surface area contributed by atoms with E-state index in [4.69, 9.17) is 15.9 Å². The number of rotatable bonds is 8. The minimum absolute atomic E-state index is 0.00962. The fourth-order valence-electron chi connectivity index (χ4n) is 1.90. The summed E-state index contributed by atoms with van der Waals surface area (Å²) in [5, 5.41) is 2.93. The van der Waals surface area contributed by atoms with Crippen LogP contribution < -0.4 is 14.8 Å². The minimum atomic E-state index is -0.152. The summed E-state index contributed by atoms with van der Waals surface area (Å²) >= 11 is 0. The molecule has 0 fully saturated rings. The number of hydrogen-bond acceptors (Lipinski definition) is 3. The molecule has 0 heterocycles. The van der Waals surface area contributed by atoms with Gasteiger partial charge >= 0.3 is 0 Å². The Hall–Kier alpha value is -2.15. The molecule has 0 bridgehead atoms. The van der Waals surface area contributed by atoms with Crippen molar-refractivity contribution in [3.05, 3.63) is 23.8 Å². The van der Waals surface area contributed by atoms with Crippen LogP contribution in [-0.4, -0.2) is 25.2 Å². The van der Waals surface area contributed by atoms with Crippen LogP contribution in [0.1, 0.15) is 44.0 Å². The first kappa shape index (κ1) is 16.9. The third-order valence-corrected chi connectivity index (χ3v) is 3.00. The van der Waals surface area contributed by atoms with Crippen molar-refractivity contribution < 1.29 is 14.3 Å². The van der Waals surface area contributed by atoms with E-state index in [0.29, 0.717) is 36.7 Å². The van der Waals surface area contributed by atoms with Crippen LogP contribution in [0.15, 0.2) is 18.2 Å². The highest BCUT2D eigenvalue weighted by Gasteiger charge is 2.14. The number of benzene rings is 1. The van der Waals surface area contributed by atoms with Gasteiger partial charge in [-0.05, 0) is 38.5 Å². The van der Waals surface area contributed by atoms with Crippen molar-refractivity contribution in [1.29, 1.82) is 0 Å². The summed E-state index contributed by atoms with van der Waals surface area (Å²) < 4.78 is 11.0. The van der Waals surface area contributed by atoms with Crippen LogP contribution >= 0.6 is 0 Å². The Bertz CT molecular complexity index is 505. The predicted molar refractivity (Wildman–Crippen MR) is 83.8 cm³/mol. The fraction of sp³-hybridized carbons (Fsp3) is 0.471. The summed E-state index contributed by atoms with van der Waals surface area (Å²) in [7, 11) is 0. The van der Waals surface area contributed by atoms with Gasteiger partial charge in [-0.2, -0.15) is 0 Å². The van der Waals surface area contributed by atoms with Gasteiger partial charge in [0.15, 0.2) is 11.5 Å². The molecule has 0 saturated carbocycles. The molecule has 4 heteroatoms. The maximum absolute atomic E-state index is 12.2. The van der Waals surface area contributed by atoms with Gasteiger partial charge in [0, 0.05) is 18.0 Å². The number of carbonyl (C=O) groups is 1. The van der Waals surface area contributed by atoms with Crippen molar-refractivity contribution in [3.63, 3.8) is 0 Å². The largest absolute Gasteiger partial charge is 0.490 e. The summed E-state index contributed by atoms with van der Waals surface area (Å²) in [6.07, 6.45) is 6.62. The van der Waals surface area contributed by atoms with Crippen molar-refractivity contribution in [2.75, 3.05) is 13.2 Å². The first-order valence-electron chi connectivity index (χ1n) is 7.30. The second-order valence-electron chi connectivity index (χ2n) is 4.51. The topological polar surface area (TPSA) is 47.6 Å². The molecule has 0 aromatic heterocycles. The van der Waals surface area contributed by atoms with Crippen LogP contribution in [0.2, 0.25) is 0 Å². The van der Waals surface area contributed by atoms with E-state index < -0.39 is 0 Å². The lowest BCUT2D eigenvalue weighted by atomic mass is 10.1. The molecule has 114 valence electrons. The van der Waals surface area contributed by atoms with E-state index in [1.54, 1.807) is 18.2 Å². The van der Waals surface area contributed by atoms with Gasteiger partial charge in [-0.3, -0.25) is 4.79 Å². The van der Waals surface area contributed by atoms with Crippen LogP contribution in [0.5, 0.6) is 11.5 Å². The quantitative estimate of drug-likeness (QED) is 0.748. The highest BCUT2D eigenvalue weighted by molar-refractivity contribution is 5.95. The van der Waals surface area contributed by atoms with Crippen molar-refractivity contribution >= 4 is 5.91 Å². The van der Waals surface area contributed by atoms with Crippen molar-refractivity contribution in [2.45, 2.75) is 39.7 Å². The molecule has 1 aromatic carbocycles. The van der Waals surface area contributed by atoms with Gasteiger partial charge < -0.3 is 14.8 Å². The summed E-state index contributed by atoms with van der Waals surface area (Å²) in [6.45, 7) is 6.85. The summed E-state index contributed by atoms with van der Waals surface area (Å²) in [4.78, 5) is 12.2. The van der Waals surface area contributed by atoms with E-state index in [1.165, 1.54) is 0 Å². The van der Waals surface area contributed by atoms with Crippen molar-refractivity contribution in [1.82, 2.24) is 5.32 Å². The van der Waals surface area contributed by atoms with E-state index >= 15 is 0 Å². The van der Waals surface area contributed by atoms with Gasteiger partial charge in [-0.1, -0.05) is 6.92 Å². The SMILES string of the molecule is C#CCC(CC)NC(=O)c1ccc(OCC)c(OCC)c1. The molecule has 0 radical (unpaired) electrons. The zero-order chi connectivity index (χ0) is 15.7. The molecule has 4 nitrogen and oxygen atoms in total. The lowest BCUT2D eigenvalue weighted by Gasteiger charge is -2.16. The van der Waals surface area contributed by atoms with Crippen LogP contribution in [0.4, 0.5) is 0 Å². The first-order valence-corrected chi connectivity index (χ1v) is 7.30. The first-order chi connectivity index (χ1) is 10.2. The number of ether oxygens (including phenoxy) is 2. The van der Waals surface area contributed by atoms with Crippen molar-refractivity contribution in [3.8, 4) is 23.8 Å². The molecule has 0 aliphatic carbocycles. The zero-order valence-electron chi connectivity index (χ0n) is 12.9. The monoisotopic (exact) mass is 289 g/mol. The Morgan fingerprint density at radius 3 is 2.48 bits per heavy atom. The molecule has 0 saturated heterocycles. The maximum Gasteiger partial charge on any atom is 0.251 e. The summed E-state index contributed by atoms with van der Waals surface area (Å²) in [6, 6.07) is 5.17. The molecular formula is C17H23NO3. The molecule has 0 aliphatic heterocycles. The lowest BCUT2D eigenvalue weighted by Crippen LogP contribution is -2.34. The predicted octanol–water partition coefficient (Wildman–Crippen LogP) is 3.02. The molecule has 1 atom stereocenters. The summed E-state index contributed by atoms with van der Waals surface area (Å²) in [5.41, 5.74) is 0.539. The highest BCUT2D eigenvalue weighted by atomic mass is 16.5. The molecule has 1 N–H and O–H groups in total. The molecule has 1 aromatic rings. The Balaban J connectivity index is 2.89. The number of nitrogens with one attached hydrogen (secondary N) is 1. The Morgan fingerprint density at radius 2 is 1.90 bits per heavy atom. The van der Waals surface area contributed by atoms with Crippen molar-refractivity contribution in [2.24, 2.45) is 0 Å². The average molecular weight is 289 g/mol. The van der Waals surface area contributed by atoms with E-state index in [1.807, 2.05) is 20.8 Å². The smallest absolute Gasteiger partial charge is 0.251 e. The van der Waals surface area contributed by atoms with Gasteiger partial charge in [0.25, 0.3) is 5.91 Å². The Kier molecular flexibility index (Phi) is 7.17. The standard InChI is InChI=1S/C17H23NO3/c1-5-9-14(6-2)18-17(19)13-10-11-15(20-7-3)16(12-13)21-8-4/h1,10-12,14H,6-9H2,2-4H3,(H,18,19). The maximum atomic E-state index is 12.2. The second-order valence-corrected chi connectivity index (χ2v) is 4.51. The van der Waals surface area contributed by atoms with E-state index in [2.05, 4.69) is 11.2 Å². The normalized spacial score (nSPS) is 11.3. The lowest BCUT2D eigenvalue weighted by molar-refractivity contribution is 0.0936. The average Bonchev–Trinajstić information content (AvgIpc) is 2.48. The van der Waals surface area contributed by atoms with Gasteiger partial charge in [-0.15, -0.1) is 12.3 Å². The molecule has 0 spiro atoms. The van der Waals surface area contributed by atoms with Crippen LogP contribution in [0, 0.1) is 12.3 Å². The zero-order valence-corrected chi connectivity index (χ0v) is 12.9. The fourth-order valence-corrected chi connectivity index (χ4v) is 1.90. The van der Waals surface area contributed by atoms with Gasteiger partial charge in [0.05, 0.1) is 13.2 Å². The van der Waals surface area contributed by atoms with E-state index in [-0.39, 0.29) is 11.9 Å². The number of hydrogen-bond donors (Lipinski definition) is 1. The number of carbonyl (C=O) groups excluding carboxylic acids is 1. The molecule has 1 amide bonds. The van der Waals surface area contributed by atoms with Gasteiger partial charge in [-0.25, -0.2) is 0 Å². The number of terminal acetylenes is 1. The summed E-state index contributed by atoms with van der Waals surface area (Å²) in [5.74, 6) is 3.65. The van der Waals surface area contributed by atoms with Gasteiger partial charge in [0.2, 0.25) is 0 Å². The Morgan fingerprint density at radius 1 is 1.24 bits per heavy atom. The van der Waals surface area contributed by atoms with Gasteiger partial charge in [0.1, 0.15) is 0 Å². The van der Waals surface area contributed by atoms with E-state index in [9.17, 15) is 4.79 Å². The highest BCUT2D eigenvalue weighted by Crippen LogP contribution is 2.28. The molecule has 1 rings (SSSR count). The molecule has 1 unspecified atom stereocenters. The Labute approximate surface area is 126 Å². The van der Waals surface area contributed by atoms with Crippen LogP contribution in [0.3, 0.4) is 0 Å². The van der Waals surface area contributed by atoms with E-state index in [0.717, 1.165) is 6.42 Å². The minimum Gasteiger partial charge on any atom is -0.490 e. The number of amides is 1. The second kappa shape index (κ2) is 8.91. The van der Waals surface area contributed by atoms with Crippen LogP contribution in [0.25, 0.3) is 0 Å². The molecule has 21 heavy (non-hydrogen) atoms. The van der Waals surface area contributed by atoms with Crippen LogP contribution in [-0.2, 0) is 0 Å². The third-order valence-electron chi connectivity index (χ3n) is 3.00.